The van der Waals surface area contributed by atoms with Gasteiger partial charge in [0.1, 0.15) is 0 Å². The van der Waals surface area contributed by atoms with Gasteiger partial charge >= 0.3 is 0 Å². The van der Waals surface area contributed by atoms with Crippen molar-refractivity contribution in [3.05, 3.63) is 18.3 Å². The second-order valence-electron chi connectivity index (χ2n) is 2.47. The summed E-state index contributed by atoms with van der Waals surface area (Å²) < 4.78 is 6.28. The molecule has 14 heavy (non-hydrogen) atoms. The average molecular weight is 209 g/mol. The zero-order chi connectivity index (χ0) is 9.97. The summed E-state index contributed by atoms with van der Waals surface area (Å²) >= 11 is 1.43. The van der Waals surface area contributed by atoms with Crippen LogP contribution in [0, 0.1) is 0 Å². The molecule has 0 spiro atoms. The molecule has 6 heteroatoms. The summed E-state index contributed by atoms with van der Waals surface area (Å²) in [6, 6.07) is 3.45. The Kier molecular flexibility index (Phi) is 2.36. The molecule has 0 amide bonds. The largest absolute Gasteiger partial charge is 0.410 e. The maximum Gasteiger partial charge on any atom is 0.299 e. The van der Waals surface area contributed by atoms with E-state index in [0.29, 0.717) is 17.5 Å². The van der Waals surface area contributed by atoms with E-state index >= 15 is 0 Å². The zero-order valence-electron chi connectivity index (χ0n) is 7.38. The number of aromatic nitrogens is 3. The van der Waals surface area contributed by atoms with Crippen LogP contribution >= 0.6 is 11.8 Å². The Hall–Kier alpha value is -1.56. The number of carbonyl (C=O) groups is 1. The lowest BCUT2D eigenvalue weighted by atomic mass is 10.5. The molecule has 0 radical (unpaired) electrons. The van der Waals surface area contributed by atoms with Gasteiger partial charge in [0, 0.05) is 6.07 Å². The van der Waals surface area contributed by atoms with Gasteiger partial charge in [0.2, 0.25) is 11.0 Å². The van der Waals surface area contributed by atoms with E-state index in [4.69, 9.17) is 4.74 Å². The van der Waals surface area contributed by atoms with E-state index in [-0.39, 0.29) is 0 Å². The number of carbonyl (C=O) groups excluding carboxylic acids is 1. The third-order valence-electron chi connectivity index (χ3n) is 1.69. The zero-order valence-corrected chi connectivity index (χ0v) is 8.19. The third-order valence-corrected chi connectivity index (χ3v) is 2.25. The molecule has 2 aromatic heterocycles. The van der Waals surface area contributed by atoms with Crippen LogP contribution in [0.4, 0.5) is 0 Å². The number of thioether (sulfide) groups is 1. The first-order valence-electron chi connectivity index (χ1n) is 3.84. The fourth-order valence-corrected chi connectivity index (χ4v) is 1.42. The summed E-state index contributed by atoms with van der Waals surface area (Å²) in [6.07, 6.45) is 3.56. The number of nitrogens with zero attached hydrogens (tertiary/aromatic N) is 3. The molecule has 0 aliphatic rings. The topological polar surface area (TPSA) is 56.5 Å². The molecule has 2 heterocycles. The van der Waals surface area contributed by atoms with Crippen molar-refractivity contribution in [3.8, 4) is 5.88 Å². The van der Waals surface area contributed by atoms with Gasteiger partial charge in [-0.2, -0.15) is 4.52 Å². The normalized spacial score (nSPS) is 10.4. The summed E-state index contributed by atoms with van der Waals surface area (Å²) in [7, 11) is 0. The van der Waals surface area contributed by atoms with Crippen LogP contribution in [0.1, 0.15) is 0 Å². The van der Waals surface area contributed by atoms with Gasteiger partial charge in [0.05, 0.1) is 11.7 Å². The molecule has 0 aliphatic carbocycles. The lowest BCUT2D eigenvalue weighted by molar-refractivity contribution is -0.121. The summed E-state index contributed by atoms with van der Waals surface area (Å²) in [5, 5.41) is 4.79. The van der Waals surface area contributed by atoms with E-state index in [0.717, 1.165) is 5.52 Å². The highest BCUT2D eigenvalue weighted by molar-refractivity contribution is 7.98. The predicted octanol–water partition coefficient (Wildman–Crippen LogP) is 0.986. The highest BCUT2D eigenvalue weighted by Crippen LogP contribution is 2.16. The smallest absolute Gasteiger partial charge is 0.299 e. The molecule has 5 nitrogen and oxygen atoms in total. The SMILES string of the molecule is CSc1ncc2ccc(OC=O)n2n1. The molecule has 0 fully saturated rings. The van der Waals surface area contributed by atoms with Crippen LogP contribution in [-0.2, 0) is 4.79 Å². The fourth-order valence-electron chi connectivity index (χ4n) is 1.09. The van der Waals surface area contributed by atoms with E-state index in [1.165, 1.54) is 16.3 Å². The summed E-state index contributed by atoms with van der Waals surface area (Å²) in [5.41, 5.74) is 0.791. The molecule has 0 saturated carbocycles. The second-order valence-corrected chi connectivity index (χ2v) is 3.24. The highest BCUT2D eigenvalue weighted by atomic mass is 32.2. The number of fused-ring (bicyclic) bond motifs is 1. The Morgan fingerprint density at radius 1 is 1.57 bits per heavy atom. The molecule has 0 aromatic carbocycles. The summed E-state index contributed by atoms with van der Waals surface area (Å²) in [6.45, 7) is 0.378. The summed E-state index contributed by atoms with van der Waals surface area (Å²) in [5.74, 6) is 0.396. The number of hydrogen-bond donors (Lipinski definition) is 0. The van der Waals surface area contributed by atoms with Crippen molar-refractivity contribution >= 4 is 23.8 Å². The van der Waals surface area contributed by atoms with E-state index in [2.05, 4.69) is 10.1 Å². The minimum absolute atomic E-state index is 0.378. The van der Waals surface area contributed by atoms with Crippen molar-refractivity contribution in [2.45, 2.75) is 5.16 Å². The fraction of sp³-hybridized carbons (Fsp3) is 0.125. The van der Waals surface area contributed by atoms with E-state index in [1.807, 2.05) is 6.26 Å². The minimum Gasteiger partial charge on any atom is -0.410 e. The lowest BCUT2D eigenvalue weighted by Crippen LogP contribution is -1.99. The van der Waals surface area contributed by atoms with E-state index in [1.54, 1.807) is 18.3 Å². The predicted molar refractivity (Wildman–Crippen MR) is 51.5 cm³/mol. The molecule has 0 aliphatic heterocycles. The maximum absolute atomic E-state index is 10.2. The molecule has 2 rings (SSSR count). The van der Waals surface area contributed by atoms with E-state index < -0.39 is 0 Å². The quantitative estimate of drug-likeness (QED) is 0.557. The first-order valence-corrected chi connectivity index (χ1v) is 5.06. The van der Waals surface area contributed by atoms with Crippen LogP contribution < -0.4 is 4.74 Å². The summed E-state index contributed by atoms with van der Waals surface area (Å²) in [4.78, 5) is 14.3. The molecule has 2 aromatic rings. The molecule has 72 valence electrons. The maximum atomic E-state index is 10.2. The van der Waals surface area contributed by atoms with Gasteiger partial charge in [-0.05, 0) is 12.3 Å². The first-order chi connectivity index (χ1) is 6.85. The van der Waals surface area contributed by atoms with Crippen LogP contribution in [-0.4, -0.2) is 27.3 Å². The molecule has 0 bridgehead atoms. The van der Waals surface area contributed by atoms with Crippen LogP contribution in [0.25, 0.3) is 5.52 Å². The third kappa shape index (κ3) is 1.44. The van der Waals surface area contributed by atoms with Gasteiger partial charge in [0.15, 0.2) is 0 Å². The van der Waals surface area contributed by atoms with E-state index in [9.17, 15) is 4.79 Å². The van der Waals surface area contributed by atoms with Crippen LogP contribution in [0.15, 0.2) is 23.5 Å². The molecular weight excluding hydrogens is 202 g/mol. The van der Waals surface area contributed by atoms with Crippen molar-refractivity contribution in [3.63, 3.8) is 0 Å². The van der Waals surface area contributed by atoms with Gasteiger partial charge in [0.25, 0.3) is 6.47 Å². The molecule has 0 unspecified atom stereocenters. The number of hydrogen-bond acceptors (Lipinski definition) is 5. The molecule has 0 atom stereocenters. The Balaban J connectivity index is 2.57. The monoisotopic (exact) mass is 209 g/mol. The van der Waals surface area contributed by atoms with Gasteiger partial charge < -0.3 is 4.74 Å². The molecule has 0 saturated heterocycles. The number of rotatable bonds is 3. The van der Waals surface area contributed by atoms with Crippen molar-refractivity contribution in [2.24, 2.45) is 0 Å². The molecular formula is C8H7N3O2S. The van der Waals surface area contributed by atoms with Crippen molar-refractivity contribution < 1.29 is 9.53 Å². The Labute approximate surface area is 84.1 Å². The van der Waals surface area contributed by atoms with Gasteiger partial charge in [-0.3, -0.25) is 4.79 Å². The van der Waals surface area contributed by atoms with Gasteiger partial charge in [-0.1, -0.05) is 11.8 Å². The number of ether oxygens (including phenoxy) is 1. The van der Waals surface area contributed by atoms with Crippen molar-refractivity contribution in [2.75, 3.05) is 6.26 Å². The van der Waals surface area contributed by atoms with Crippen molar-refractivity contribution in [1.29, 1.82) is 0 Å². The van der Waals surface area contributed by atoms with Crippen molar-refractivity contribution in [1.82, 2.24) is 14.6 Å². The van der Waals surface area contributed by atoms with Crippen LogP contribution in [0.3, 0.4) is 0 Å². The van der Waals surface area contributed by atoms with Gasteiger partial charge in [-0.25, -0.2) is 4.98 Å². The minimum atomic E-state index is 0.378. The average Bonchev–Trinajstić information content (AvgIpc) is 2.61. The second kappa shape index (κ2) is 3.67. The Morgan fingerprint density at radius 2 is 2.43 bits per heavy atom. The lowest BCUT2D eigenvalue weighted by Gasteiger charge is -1.99. The van der Waals surface area contributed by atoms with Crippen LogP contribution in [0.5, 0.6) is 5.88 Å². The Bertz CT molecular complexity index is 469. The van der Waals surface area contributed by atoms with Crippen LogP contribution in [0.2, 0.25) is 0 Å². The highest BCUT2D eigenvalue weighted by Gasteiger charge is 2.04. The molecule has 0 N–H and O–H groups in total. The Morgan fingerprint density at radius 3 is 3.14 bits per heavy atom. The van der Waals surface area contributed by atoms with Gasteiger partial charge in [-0.15, -0.1) is 5.10 Å². The first kappa shape index (κ1) is 9.01. The standard InChI is InChI=1S/C8H7N3O2S/c1-14-8-9-4-6-2-3-7(13-5-12)11(6)10-8/h2-5H,1H3.